The van der Waals surface area contributed by atoms with Gasteiger partial charge in [-0.2, -0.15) is 0 Å². The minimum Gasteiger partial charge on any atom is -0.444 e. The highest BCUT2D eigenvalue weighted by molar-refractivity contribution is 5.93. The summed E-state index contributed by atoms with van der Waals surface area (Å²) in [5.74, 6) is -0.737. The maximum absolute atomic E-state index is 13.0. The number of ether oxygens (including phenoxy) is 2. The first-order chi connectivity index (χ1) is 13.1. The first kappa shape index (κ1) is 18.9. The first-order valence-corrected chi connectivity index (χ1v) is 8.96. The Bertz CT molecular complexity index is 769. The molecule has 1 unspecified atom stereocenters. The van der Waals surface area contributed by atoms with Gasteiger partial charge in [-0.15, -0.1) is 0 Å². The second-order valence-electron chi connectivity index (χ2n) is 6.57. The molecule has 0 N–H and O–H groups in total. The number of carbonyl (C=O) groups excluding carboxylic acids is 2. The van der Waals surface area contributed by atoms with Crippen LogP contribution in [0.15, 0.2) is 54.6 Å². The summed E-state index contributed by atoms with van der Waals surface area (Å²) in [6, 6.07) is 16.2. The van der Waals surface area contributed by atoms with Gasteiger partial charge >= 0.3 is 5.97 Å². The average molecular weight is 368 g/mol. The molecule has 1 heterocycles. The SMILES string of the molecule is CN(C)c1ccc(C(=O)OC(C(=O)N2CCOCC2)c2ccccc2)cc1. The highest BCUT2D eigenvalue weighted by atomic mass is 16.5. The molecule has 0 spiro atoms. The van der Waals surface area contributed by atoms with Gasteiger partial charge in [0.15, 0.2) is 0 Å². The summed E-state index contributed by atoms with van der Waals surface area (Å²) in [6.07, 6.45) is -0.967. The van der Waals surface area contributed by atoms with Crippen molar-refractivity contribution in [2.24, 2.45) is 0 Å². The van der Waals surface area contributed by atoms with Crippen LogP contribution >= 0.6 is 0 Å². The van der Waals surface area contributed by atoms with E-state index < -0.39 is 12.1 Å². The van der Waals surface area contributed by atoms with E-state index >= 15 is 0 Å². The maximum atomic E-state index is 13.0. The quantitative estimate of drug-likeness (QED) is 0.759. The fourth-order valence-electron chi connectivity index (χ4n) is 2.91. The molecule has 1 saturated heterocycles. The van der Waals surface area contributed by atoms with Gasteiger partial charge in [-0.25, -0.2) is 4.79 Å². The van der Waals surface area contributed by atoms with Crippen LogP contribution in [0.5, 0.6) is 0 Å². The Morgan fingerprint density at radius 3 is 2.22 bits per heavy atom. The molecule has 6 heteroatoms. The van der Waals surface area contributed by atoms with Crippen LogP contribution in [0.2, 0.25) is 0 Å². The van der Waals surface area contributed by atoms with Crippen molar-refractivity contribution in [1.82, 2.24) is 4.90 Å². The molecule has 1 atom stereocenters. The van der Waals surface area contributed by atoms with Gasteiger partial charge in [-0.1, -0.05) is 30.3 Å². The number of carbonyl (C=O) groups is 2. The van der Waals surface area contributed by atoms with Gasteiger partial charge in [0, 0.05) is 38.4 Å². The lowest BCUT2D eigenvalue weighted by Gasteiger charge is -2.30. The van der Waals surface area contributed by atoms with Crippen LogP contribution in [-0.2, 0) is 14.3 Å². The Morgan fingerprint density at radius 1 is 1.00 bits per heavy atom. The van der Waals surface area contributed by atoms with Gasteiger partial charge in [0.05, 0.1) is 18.8 Å². The van der Waals surface area contributed by atoms with Crippen LogP contribution in [-0.4, -0.2) is 57.2 Å². The number of esters is 1. The van der Waals surface area contributed by atoms with E-state index in [4.69, 9.17) is 9.47 Å². The van der Waals surface area contributed by atoms with Crippen LogP contribution in [0.4, 0.5) is 5.69 Å². The molecule has 0 aliphatic carbocycles. The molecule has 1 fully saturated rings. The fraction of sp³-hybridized carbons (Fsp3) is 0.333. The smallest absolute Gasteiger partial charge is 0.339 e. The van der Waals surface area contributed by atoms with Crippen molar-refractivity contribution in [2.45, 2.75) is 6.10 Å². The van der Waals surface area contributed by atoms with Crippen molar-refractivity contribution in [1.29, 1.82) is 0 Å². The zero-order valence-corrected chi connectivity index (χ0v) is 15.6. The summed E-state index contributed by atoms with van der Waals surface area (Å²) >= 11 is 0. The summed E-state index contributed by atoms with van der Waals surface area (Å²) in [7, 11) is 3.86. The second kappa shape index (κ2) is 8.68. The van der Waals surface area contributed by atoms with Crippen LogP contribution in [0.1, 0.15) is 22.0 Å². The Labute approximate surface area is 159 Å². The zero-order chi connectivity index (χ0) is 19.2. The summed E-state index contributed by atoms with van der Waals surface area (Å²) in [6.45, 7) is 1.98. The highest BCUT2D eigenvalue weighted by Crippen LogP contribution is 2.23. The molecule has 2 aromatic rings. The topological polar surface area (TPSA) is 59.1 Å². The number of anilines is 1. The van der Waals surface area contributed by atoms with Crippen molar-refractivity contribution < 1.29 is 19.1 Å². The van der Waals surface area contributed by atoms with Gasteiger partial charge in [0.25, 0.3) is 5.91 Å². The number of nitrogens with zero attached hydrogens (tertiary/aromatic N) is 2. The summed E-state index contributed by atoms with van der Waals surface area (Å²) in [4.78, 5) is 29.3. The van der Waals surface area contributed by atoms with Gasteiger partial charge in [-0.3, -0.25) is 4.79 Å². The highest BCUT2D eigenvalue weighted by Gasteiger charge is 2.30. The number of hydrogen-bond acceptors (Lipinski definition) is 5. The van der Waals surface area contributed by atoms with Gasteiger partial charge in [0.2, 0.25) is 6.10 Å². The molecule has 1 amide bonds. The molecule has 142 valence electrons. The van der Waals surface area contributed by atoms with Crippen LogP contribution in [0, 0.1) is 0 Å². The molecule has 27 heavy (non-hydrogen) atoms. The van der Waals surface area contributed by atoms with Crippen molar-refractivity contribution in [2.75, 3.05) is 45.3 Å². The number of benzene rings is 2. The average Bonchev–Trinajstić information content (AvgIpc) is 2.72. The van der Waals surface area contributed by atoms with Gasteiger partial charge in [0.1, 0.15) is 0 Å². The Hall–Kier alpha value is -2.86. The number of rotatable bonds is 5. The van der Waals surface area contributed by atoms with Crippen molar-refractivity contribution in [3.05, 3.63) is 65.7 Å². The van der Waals surface area contributed by atoms with Crippen LogP contribution in [0.25, 0.3) is 0 Å². The summed E-state index contributed by atoms with van der Waals surface area (Å²) in [5, 5.41) is 0. The third-order valence-corrected chi connectivity index (χ3v) is 4.49. The van der Waals surface area contributed by atoms with Crippen molar-refractivity contribution >= 4 is 17.6 Å². The lowest BCUT2D eigenvalue weighted by Crippen LogP contribution is -2.44. The molecular weight excluding hydrogens is 344 g/mol. The van der Waals surface area contributed by atoms with Crippen molar-refractivity contribution in [3.8, 4) is 0 Å². The third kappa shape index (κ3) is 4.65. The minimum atomic E-state index is -0.967. The molecule has 1 aliphatic rings. The van der Waals surface area contributed by atoms with E-state index in [1.54, 1.807) is 29.2 Å². The molecule has 2 aromatic carbocycles. The lowest BCUT2D eigenvalue weighted by atomic mass is 10.1. The normalized spacial score (nSPS) is 15.1. The van der Waals surface area contributed by atoms with E-state index in [2.05, 4.69) is 0 Å². The zero-order valence-electron chi connectivity index (χ0n) is 15.6. The molecule has 0 radical (unpaired) electrons. The standard InChI is InChI=1S/C21H24N2O4/c1-22(2)18-10-8-17(9-11-18)21(25)27-19(16-6-4-3-5-7-16)20(24)23-12-14-26-15-13-23/h3-11,19H,12-15H2,1-2H3. The Balaban J connectivity index is 1.80. The van der Waals surface area contributed by atoms with E-state index in [0.29, 0.717) is 37.4 Å². The van der Waals surface area contributed by atoms with Crippen LogP contribution in [0.3, 0.4) is 0 Å². The van der Waals surface area contributed by atoms with E-state index in [1.807, 2.05) is 49.3 Å². The van der Waals surface area contributed by atoms with Gasteiger partial charge < -0.3 is 19.3 Å². The number of amides is 1. The third-order valence-electron chi connectivity index (χ3n) is 4.49. The monoisotopic (exact) mass is 368 g/mol. The minimum absolute atomic E-state index is 0.220. The van der Waals surface area contributed by atoms with Gasteiger partial charge in [-0.05, 0) is 24.3 Å². The van der Waals surface area contributed by atoms with E-state index in [1.165, 1.54) is 0 Å². The fourth-order valence-corrected chi connectivity index (χ4v) is 2.91. The predicted octanol–water partition coefficient (Wildman–Crippen LogP) is 2.51. The molecular formula is C21H24N2O4. The van der Waals surface area contributed by atoms with Crippen molar-refractivity contribution in [3.63, 3.8) is 0 Å². The lowest BCUT2D eigenvalue weighted by molar-refractivity contribution is -0.145. The maximum Gasteiger partial charge on any atom is 0.339 e. The molecule has 0 bridgehead atoms. The molecule has 6 nitrogen and oxygen atoms in total. The summed E-state index contributed by atoms with van der Waals surface area (Å²) < 4.78 is 11.0. The van der Waals surface area contributed by atoms with Crippen LogP contribution < -0.4 is 4.90 Å². The number of hydrogen-bond donors (Lipinski definition) is 0. The number of morpholine rings is 1. The molecule has 0 saturated carbocycles. The second-order valence-corrected chi connectivity index (χ2v) is 6.57. The molecule has 0 aromatic heterocycles. The molecule has 3 rings (SSSR count). The Kier molecular flexibility index (Phi) is 6.08. The first-order valence-electron chi connectivity index (χ1n) is 8.96. The predicted molar refractivity (Wildman–Crippen MR) is 103 cm³/mol. The largest absolute Gasteiger partial charge is 0.444 e. The van der Waals surface area contributed by atoms with E-state index in [9.17, 15) is 9.59 Å². The molecule has 1 aliphatic heterocycles. The van der Waals surface area contributed by atoms with E-state index in [-0.39, 0.29) is 5.91 Å². The summed E-state index contributed by atoms with van der Waals surface area (Å²) in [5.41, 5.74) is 2.05. The van der Waals surface area contributed by atoms with E-state index in [0.717, 1.165) is 5.69 Å². The Morgan fingerprint density at radius 2 is 1.63 bits per heavy atom.